The van der Waals surface area contributed by atoms with Crippen molar-refractivity contribution in [3.05, 3.63) is 35.4 Å². The van der Waals surface area contributed by atoms with Crippen molar-refractivity contribution in [1.82, 2.24) is 9.62 Å². The summed E-state index contributed by atoms with van der Waals surface area (Å²) in [7, 11) is -3.41. The van der Waals surface area contributed by atoms with Crippen LogP contribution < -0.4 is 5.32 Å². The van der Waals surface area contributed by atoms with Crippen LogP contribution in [0.5, 0.6) is 0 Å². The second-order valence-electron chi connectivity index (χ2n) is 5.93. The van der Waals surface area contributed by atoms with Crippen LogP contribution in [-0.4, -0.2) is 37.9 Å². The molecular weight excluding hydrogens is 286 g/mol. The first kappa shape index (κ1) is 14.5. The predicted octanol–water partition coefficient (Wildman–Crippen LogP) is 1.07. The van der Waals surface area contributed by atoms with Crippen molar-refractivity contribution < 1.29 is 8.42 Å². The highest BCUT2D eigenvalue weighted by molar-refractivity contribution is 7.88. The molecule has 0 radical (unpaired) electrons. The van der Waals surface area contributed by atoms with Crippen molar-refractivity contribution in [3.8, 4) is 6.07 Å². The monoisotopic (exact) mass is 305 g/mol. The van der Waals surface area contributed by atoms with Crippen LogP contribution in [0.15, 0.2) is 24.3 Å². The third-order valence-corrected chi connectivity index (χ3v) is 6.46. The van der Waals surface area contributed by atoms with Crippen LogP contribution >= 0.6 is 0 Å². The molecule has 21 heavy (non-hydrogen) atoms. The average molecular weight is 305 g/mol. The van der Waals surface area contributed by atoms with E-state index in [0.717, 1.165) is 19.5 Å². The van der Waals surface area contributed by atoms with Crippen molar-refractivity contribution in [3.63, 3.8) is 0 Å². The molecule has 0 bridgehead atoms. The van der Waals surface area contributed by atoms with Crippen molar-refractivity contribution in [2.75, 3.05) is 13.1 Å². The molecule has 3 rings (SSSR count). The molecule has 0 amide bonds. The van der Waals surface area contributed by atoms with Crippen LogP contribution in [0.2, 0.25) is 0 Å². The number of nitrogens with zero attached hydrogens (tertiary/aromatic N) is 2. The van der Waals surface area contributed by atoms with E-state index in [9.17, 15) is 8.42 Å². The van der Waals surface area contributed by atoms with Gasteiger partial charge in [-0.25, -0.2) is 8.42 Å². The highest BCUT2D eigenvalue weighted by Crippen LogP contribution is 2.35. The zero-order chi connectivity index (χ0) is 15.0. The van der Waals surface area contributed by atoms with E-state index in [4.69, 9.17) is 5.26 Å². The lowest BCUT2D eigenvalue weighted by Gasteiger charge is -2.26. The first-order chi connectivity index (χ1) is 10.0. The Hall–Kier alpha value is -1.42. The maximum atomic E-state index is 12.8. The van der Waals surface area contributed by atoms with Gasteiger partial charge in [0.1, 0.15) is 0 Å². The van der Waals surface area contributed by atoms with E-state index in [1.54, 1.807) is 28.6 Å². The summed E-state index contributed by atoms with van der Waals surface area (Å²) in [5.41, 5.74) is 1.02. The molecule has 6 heteroatoms. The average Bonchev–Trinajstić information content (AvgIpc) is 2.98. The van der Waals surface area contributed by atoms with E-state index in [2.05, 4.69) is 11.4 Å². The van der Waals surface area contributed by atoms with Crippen molar-refractivity contribution in [2.45, 2.75) is 31.2 Å². The molecule has 0 saturated carbocycles. The predicted molar refractivity (Wildman–Crippen MR) is 79.8 cm³/mol. The SMILES string of the molecule is CC1CC2CNCC2N1S(=O)(=O)Cc1ccccc1C#N. The van der Waals surface area contributed by atoms with Crippen LogP contribution in [0.3, 0.4) is 0 Å². The molecule has 0 aromatic heterocycles. The van der Waals surface area contributed by atoms with Crippen LogP contribution in [0.1, 0.15) is 24.5 Å². The minimum atomic E-state index is -3.41. The first-order valence-electron chi connectivity index (χ1n) is 7.23. The van der Waals surface area contributed by atoms with Crippen molar-refractivity contribution in [2.24, 2.45) is 5.92 Å². The van der Waals surface area contributed by atoms with Gasteiger partial charge in [0.05, 0.1) is 17.4 Å². The Morgan fingerprint density at radius 2 is 2.14 bits per heavy atom. The molecule has 3 unspecified atom stereocenters. The molecule has 5 nitrogen and oxygen atoms in total. The molecule has 1 aromatic rings. The maximum absolute atomic E-state index is 12.8. The second-order valence-corrected chi connectivity index (χ2v) is 7.80. The summed E-state index contributed by atoms with van der Waals surface area (Å²) < 4.78 is 27.3. The summed E-state index contributed by atoms with van der Waals surface area (Å²) in [6.07, 6.45) is 0.913. The highest BCUT2D eigenvalue weighted by atomic mass is 32.2. The molecule has 112 valence electrons. The van der Waals surface area contributed by atoms with Gasteiger partial charge >= 0.3 is 0 Å². The highest BCUT2D eigenvalue weighted by Gasteiger charge is 2.47. The van der Waals surface area contributed by atoms with Crippen LogP contribution in [0.4, 0.5) is 0 Å². The van der Waals surface area contributed by atoms with Crippen molar-refractivity contribution in [1.29, 1.82) is 5.26 Å². The fourth-order valence-corrected chi connectivity index (χ4v) is 5.72. The maximum Gasteiger partial charge on any atom is 0.218 e. The lowest BCUT2D eigenvalue weighted by Crippen LogP contribution is -2.43. The van der Waals surface area contributed by atoms with Gasteiger partial charge in [-0.05, 0) is 37.4 Å². The van der Waals surface area contributed by atoms with Gasteiger partial charge in [-0.15, -0.1) is 0 Å². The molecule has 3 atom stereocenters. The summed E-state index contributed by atoms with van der Waals surface area (Å²) in [6, 6.07) is 9.10. The number of hydrogen-bond acceptors (Lipinski definition) is 4. The molecule has 2 fully saturated rings. The van der Waals surface area contributed by atoms with E-state index in [0.29, 0.717) is 17.0 Å². The van der Waals surface area contributed by atoms with Crippen LogP contribution in [0.25, 0.3) is 0 Å². The zero-order valence-electron chi connectivity index (χ0n) is 12.0. The largest absolute Gasteiger partial charge is 0.315 e. The summed E-state index contributed by atoms with van der Waals surface area (Å²) in [4.78, 5) is 0. The molecule has 2 aliphatic heterocycles. The molecule has 2 heterocycles. The first-order valence-corrected chi connectivity index (χ1v) is 8.84. The van der Waals surface area contributed by atoms with Gasteiger partial charge in [0.25, 0.3) is 0 Å². The summed E-state index contributed by atoms with van der Waals surface area (Å²) in [5, 5.41) is 12.4. The number of rotatable bonds is 3. The Morgan fingerprint density at radius 1 is 1.38 bits per heavy atom. The number of hydrogen-bond donors (Lipinski definition) is 1. The number of nitrogens with one attached hydrogen (secondary N) is 1. The molecule has 0 spiro atoms. The van der Waals surface area contributed by atoms with E-state index in [1.807, 2.05) is 6.92 Å². The minimum Gasteiger partial charge on any atom is -0.315 e. The Kier molecular flexibility index (Phi) is 3.74. The quantitative estimate of drug-likeness (QED) is 0.906. The third-order valence-electron chi connectivity index (χ3n) is 4.51. The van der Waals surface area contributed by atoms with E-state index in [-0.39, 0.29) is 17.8 Å². The topological polar surface area (TPSA) is 73.2 Å². The lowest BCUT2D eigenvalue weighted by atomic mass is 10.0. The summed E-state index contributed by atoms with van der Waals surface area (Å²) >= 11 is 0. The fourth-order valence-electron chi connectivity index (χ4n) is 3.63. The number of nitriles is 1. The Morgan fingerprint density at radius 3 is 2.90 bits per heavy atom. The Balaban J connectivity index is 1.89. The summed E-state index contributed by atoms with van der Waals surface area (Å²) in [5.74, 6) is 0.325. The molecule has 2 aliphatic rings. The van der Waals surface area contributed by atoms with E-state index < -0.39 is 10.0 Å². The Labute approximate surface area is 125 Å². The smallest absolute Gasteiger partial charge is 0.218 e. The van der Waals surface area contributed by atoms with Gasteiger partial charge < -0.3 is 5.32 Å². The molecule has 0 aliphatic carbocycles. The normalized spacial score (nSPS) is 29.2. The zero-order valence-corrected chi connectivity index (χ0v) is 12.8. The number of sulfonamides is 1. The molecule has 1 N–H and O–H groups in total. The van der Waals surface area contributed by atoms with Gasteiger partial charge in [-0.2, -0.15) is 9.57 Å². The van der Waals surface area contributed by atoms with Gasteiger partial charge in [0.15, 0.2) is 0 Å². The van der Waals surface area contributed by atoms with Crippen LogP contribution in [0, 0.1) is 17.2 Å². The van der Waals surface area contributed by atoms with Gasteiger partial charge in [0, 0.05) is 18.6 Å². The van der Waals surface area contributed by atoms with E-state index >= 15 is 0 Å². The van der Waals surface area contributed by atoms with Crippen molar-refractivity contribution >= 4 is 10.0 Å². The third kappa shape index (κ3) is 2.57. The van der Waals surface area contributed by atoms with Gasteiger partial charge in [0.2, 0.25) is 10.0 Å². The second kappa shape index (κ2) is 5.41. The minimum absolute atomic E-state index is 0.0429. The van der Waals surface area contributed by atoms with E-state index in [1.165, 1.54) is 0 Å². The molecule has 2 saturated heterocycles. The molecule has 1 aromatic carbocycles. The number of fused-ring (bicyclic) bond motifs is 1. The van der Waals surface area contributed by atoms with Gasteiger partial charge in [-0.1, -0.05) is 18.2 Å². The lowest BCUT2D eigenvalue weighted by molar-refractivity contribution is 0.335. The van der Waals surface area contributed by atoms with Gasteiger partial charge in [-0.3, -0.25) is 0 Å². The summed E-state index contributed by atoms with van der Waals surface area (Å²) in [6.45, 7) is 3.61. The Bertz CT molecular complexity index is 680. The molecular formula is C15H19N3O2S. The standard InChI is InChI=1S/C15H19N3O2S/c1-11-6-14-8-17-9-15(14)18(11)21(19,20)10-13-5-3-2-4-12(13)7-16/h2-5,11,14-15,17H,6,8-10H2,1H3. The number of benzene rings is 1. The fraction of sp³-hybridized carbons (Fsp3) is 0.533. The van der Waals surface area contributed by atoms with Crippen LogP contribution in [-0.2, 0) is 15.8 Å².